The van der Waals surface area contributed by atoms with Gasteiger partial charge in [0.1, 0.15) is 0 Å². The lowest BCUT2D eigenvalue weighted by Gasteiger charge is -2.15. The summed E-state index contributed by atoms with van der Waals surface area (Å²) in [6.45, 7) is 7.57. The Morgan fingerprint density at radius 1 is 1.27 bits per heavy atom. The van der Waals surface area contributed by atoms with E-state index in [1.54, 1.807) is 12.1 Å². The molecule has 1 N–H and O–H groups in total. The Labute approximate surface area is 131 Å². The Hall–Kier alpha value is -1.66. The smallest absolute Gasteiger partial charge is 0.241 e. The van der Waals surface area contributed by atoms with Crippen LogP contribution in [0.2, 0.25) is 0 Å². The normalized spacial score (nSPS) is 13.3. The van der Waals surface area contributed by atoms with Crippen molar-refractivity contribution in [3.8, 4) is 11.3 Å². The zero-order valence-electron chi connectivity index (χ0n) is 13.4. The van der Waals surface area contributed by atoms with Gasteiger partial charge in [-0.15, -0.1) is 0 Å². The molecule has 0 unspecified atom stereocenters. The van der Waals surface area contributed by atoms with Crippen LogP contribution in [-0.2, 0) is 16.4 Å². The third-order valence-corrected chi connectivity index (χ3v) is 5.29. The molecule has 2 aromatic rings. The van der Waals surface area contributed by atoms with Crippen LogP contribution in [0.25, 0.3) is 11.3 Å². The third kappa shape index (κ3) is 3.56. The van der Waals surface area contributed by atoms with E-state index >= 15 is 0 Å². The van der Waals surface area contributed by atoms with Crippen molar-refractivity contribution in [2.45, 2.75) is 51.5 Å². The zero-order valence-corrected chi connectivity index (χ0v) is 14.2. The molecule has 0 saturated carbocycles. The molecule has 0 spiro atoms. The molecule has 22 heavy (non-hydrogen) atoms. The molecule has 0 radical (unpaired) electrons. The fourth-order valence-corrected chi connectivity index (χ4v) is 3.82. The molecule has 5 nitrogen and oxygen atoms in total. The van der Waals surface area contributed by atoms with Gasteiger partial charge in [-0.25, -0.2) is 13.1 Å². The lowest BCUT2D eigenvalue weighted by atomic mass is 10.1. The first-order chi connectivity index (χ1) is 10.4. The van der Waals surface area contributed by atoms with Crippen molar-refractivity contribution < 1.29 is 12.9 Å². The van der Waals surface area contributed by atoms with Gasteiger partial charge in [0.25, 0.3) is 0 Å². The summed E-state index contributed by atoms with van der Waals surface area (Å²) >= 11 is 0. The summed E-state index contributed by atoms with van der Waals surface area (Å²) in [6, 6.07) is 7.04. The van der Waals surface area contributed by atoms with Gasteiger partial charge >= 0.3 is 0 Å². The lowest BCUT2D eigenvalue weighted by molar-refractivity contribution is 0.427. The Bertz CT molecular complexity index is 751. The van der Waals surface area contributed by atoms with E-state index in [9.17, 15) is 8.42 Å². The summed E-state index contributed by atoms with van der Waals surface area (Å²) in [6.07, 6.45) is 1.38. The molecule has 0 aliphatic carbocycles. The Kier molecular flexibility index (Phi) is 5.03. The average molecular weight is 322 g/mol. The number of hydrogen-bond acceptors (Lipinski definition) is 4. The second-order valence-corrected chi connectivity index (χ2v) is 7.12. The fraction of sp³-hybridized carbons (Fsp3) is 0.438. The van der Waals surface area contributed by atoms with Crippen molar-refractivity contribution in [2.24, 2.45) is 0 Å². The first kappa shape index (κ1) is 16.7. The molecule has 0 aliphatic rings. The second kappa shape index (κ2) is 6.62. The summed E-state index contributed by atoms with van der Waals surface area (Å²) in [5, 5.41) is 3.85. The van der Waals surface area contributed by atoms with Crippen LogP contribution in [0.4, 0.5) is 0 Å². The Balaban J connectivity index is 2.49. The number of nitrogens with zero attached hydrogens (tertiary/aromatic N) is 1. The average Bonchev–Trinajstić information content (AvgIpc) is 2.92. The van der Waals surface area contributed by atoms with Crippen molar-refractivity contribution in [1.82, 2.24) is 9.88 Å². The maximum atomic E-state index is 12.6. The van der Waals surface area contributed by atoms with Gasteiger partial charge in [0.05, 0.1) is 10.6 Å². The highest BCUT2D eigenvalue weighted by Crippen LogP contribution is 2.26. The van der Waals surface area contributed by atoms with Crippen LogP contribution in [0.1, 0.15) is 38.4 Å². The first-order valence-corrected chi connectivity index (χ1v) is 8.94. The van der Waals surface area contributed by atoms with Crippen LogP contribution in [0, 0.1) is 6.92 Å². The highest BCUT2D eigenvalue weighted by molar-refractivity contribution is 7.89. The highest BCUT2D eigenvalue weighted by atomic mass is 32.2. The highest BCUT2D eigenvalue weighted by Gasteiger charge is 2.21. The molecule has 120 valence electrons. The zero-order chi connectivity index (χ0) is 16.3. The number of rotatable bonds is 6. The van der Waals surface area contributed by atoms with Crippen LogP contribution >= 0.6 is 0 Å². The SMILES string of the molecule is CCc1ccc(-c2cc(C)no2)cc1S(=O)(=O)N[C@H](C)CC. The van der Waals surface area contributed by atoms with E-state index < -0.39 is 10.0 Å². The Morgan fingerprint density at radius 3 is 2.55 bits per heavy atom. The van der Waals surface area contributed by atoms with Crippen LogP contribution in [0.15, 0.2) is 33.7 Å². The molecule has 1 aromatic heterocycles. The number of sulfonamides is 1. The summed E-state index contributed by atoms with van der Waals surface area (Å²) in [5.41, 5.74) is 2.26. The monoisotopic (exact) mass is 322 g/mol. The third-order valence-electron chi connectivity index (χ3n) is 3.62. The van der Waals surface area contributed by atoms with Crippen molar-refractivity contribution in [2.75, 3.05) is 0 Å². The van der Waals surface area contributed by atoms with Gasteiger partial charge in [0, 0.05) is 17.7 Å². The van der Waals surface area contributed by atoms with E-state index in [1.807, 2.05) is 39.8 Å². The van der Waals surface area contributed by atoms with Crippen LogP contribution < -0.4 is 4.72 Å². The minimum atomic E-state index is -3.55. The minimum Gasteiger partial charge on any atom is -0.356 e. The van der Waals surface area contributed by atoms with Gasteiger partial charge in [-0.05, 0) is 38.3 Å². The number of hydrogen-bond donors (Lipinski definition) is 1. The predicted molar refractivity (Wildman–Crippen MR) is 86.1 cm³/mol. The molecule has 0 amide bonds. The quantitative estimate of drug-likeness (QED) is 0.886. The lowest BCUT2D eigenvalue weighted by Crippen LogP contribution is -2.32. The molecular weight excluding hydrogens is 300 g/mol. The van der Waals surface area contributed by atoms with Gasteiger partial charge in [0.15, 0.2) is 5.76 Å². The van der Waals surface area contributed by atoms with E-state index in [1.165, 1.54) is 0 Å². The van der Waals surface area contributed by atoms with Gasteiger partial charge < -0.3 is 4.52 Å². The molecule has 2 rings (SSSR count). The Morgan fingerprint density at radius 2 is 2.00 bits per heavy atom. The van der Waals surface area contributed by atoms with Crippen molar-refractivity contribution in [1.29, 1.82) is 0 Å². The maximum absolute atomic E-state index is 12.6. The van der Waals surface area contributed by atoms with Gasteiger partial charge in [-0.3, -0.25) is 0 Å². The molecule has 0 bridgehead atoms. The summed E-state index contributed by atoms with van der Waals surface area (Å²) in [5.74, 6) is 0.570. The fourth-order valence-electron chi connectivity index (χ4n) is 2.16. The number of aryl methyl sites for hydroxylation is 2. The first-order valence-electron chi connectivity index (χ1n) is 7.46. The van der Waals surface area contributed by atoms with E-state index in [-0.39, 0.29) is 6.04 Å². The minimum absolute atomic E-state index is 0.106. The standard InChI is InChI=1S/C16H22N2O3S/c1-5-11(3)18-22(19,20)16-10-14(8-7-13(16)6-2)15-9-12(4)17-21-15/h7-11,18H,5-6H2,1-4H3/t11-/m1/s1. The maximum Gasteiger partial charge on any atom is 0.241 e. The van der Waals surface area contributed by atoms with Gasteiger partial charge in [-0.2, -0.15) is 0 Å². The van der Waals surface area contributed by atoms with Crippen LogP contribution in [0.5, 0.6) is 0 Å². The molecule has 1 atom stereocenters. The van der Waals surface area contributed by atoms with Crippen LogP contribution in [-0.4, -0.2) is 19.6 Å². The van der Waals surface area contributed by atoms with Gasteiger partial charge in [0.2, 0.25) is 10.0 Å². The topological polar surface area (TPSA) is 72.2 Å². The van der Waals surface area contributed by atoms with E-state index in [0.29, 0.717) is 22.6 Å². The van der Waals surface area contributed by atoms with Crippen molar-refractivity contribution in [3.05, 3.63) is 35.5 Å². The molecule has 1 heterocycles. The molecular formula is C16H22N2O3S. The van der Waals surface area contributed by atoms with Gasteiger partial charge in [-0.1, -0.05) is 31.1 Å². The molecule has 1 aromatic carbocycles. The van der Waals surface area contributed by atoms with Crippen molar-refractivity contribution >= 4 is 10.0 Å². The summed E-state index contributed by atoms with van der Waals surface area (Å²) in [7, 11) is -3.55. The van der Waals surface area contributed by atoms with E-state index in [4.69, 9.17) is 4.52 Å². The predicted octanol–water partition coefficient (Wildman–Crippen LogP) is 3.29. The number of nitrogens with one attached hydrogen (secondary N) is 1. The van der Waals surface area contributed by atoms with Crippen molar-refractivity contribution in [3.63, 3.8) is 0 Å². The molecule has 0 fully saturated rings. The summed E-state index contributed by atoms with van der Waals surface area (Å²) in [4.78, 5) is 0.307. The van der Waals surface area contributed by atoms with E-state index in [0.717, 1.165) is 17.7 Å². The summed E-state index contributed by atoms with van der Waals surface area (Å²) < 4.78 is 33.2. The molecule has 0 saturated heterocycles. The second-order valence-electron chi connectivity index (χ2n) is 5.44. The van der Waals surface area contributed by atoms with E-state index in [2.05, 4.69) is 9.88 Å². The molecule has 0 aliphatic heterocycles. The number of benzene rings is 1. The van der Waals surface area contributed by atoms with Crippen LogP contribution in [0.3, 0.4) is 0 Å². The molecule has 6 heteroatoms. The largest absolute Gasteiger partial charge is 0.356 e. The number of aromatic nitrogens is 1.